The molecule has 0 amide bonds. The predicted molar refractivity (Wildman–Crippen MR) is 75.4 cm³/mol. The Morgan fingerprint density at radius 3 is 3.00 bits per heavy atom. The first-order valence-electron chi connectivity index (χ1n) is 7.00. The second-order valence-corrected chi connectivity index (χ2v) is 6.60. The van der Waals surface area contributed by atoms with Crippen molar-refractivity contribution in [2.45, 2.75) is 24.9 Å². The van der Waals surface area contributed by atoms with Crippen molar-refractivity contribution in [2.75, 3.05) is 26.2 Å². The highest BCUT2D eigenvalue weighted by molar-refractivity contribution is 7.89. The largest absolute Gasteiger partial charge is 0.460 e. The highest BCUT2D eigenvalue weighted by Crippen LogP contribution is 2.16. The fourth-order valence-electron chi connectivity index (χ4n) is 2.17. The van der Waals surface area contributed by atoms with E-state index in [2.05, 4.69) is 10.0 Å². The number of sulfonamides is 1. The fraction of sp³-hybridized carbons (Fsp3) is 0.615. The van der Waals surface area contributed by atoms with Crippen molar-refractivity contribution >= 4 is 16.0 Å². The normalized spacial score (nSPS) is 19.4. The van der Waals surface area contributed by atoms with E-state index in [9.17, 15) is 13.2 Å². The molecule has 0 radical (unpaired) electrons. The Morgan fingerprint density at radius 2 is 2.33 bits per heavy atom. The van der Waals surface area contributed by atoms with Crippen LogP contribution in [0, 0.1) is 5.92 Å². The summed E-state index contributed by atoms with van der Waals surface area (Å²) in [6.07, 6.45) is 2.03. The second-order valence-electron chi connectivity index (χ2n) is 4.90. The lowest BCUT2D eigenvalue weighted by atomic mass is 10.0. The van der Waals surface area contributed by atoms with Crippen molar-refractivity contribution in [3.8, 4) is 0 Å². The minimum Gasteiger partial charge on any atom is -0.460 e. The zero-order valence-electron chi connectivity index (χ0n) is 11.9. The summed E-state index contributed by atoms with van der Waals surface area (Å²) in [5.41, 5.74) is 0. The minimum absolute atomic E-state index is 0.114. The summed E-state index contributed by atoms with van der Waals surface area (Å²) in [7, 11) is -3.74. The van der Waals surface area contributed by atoms with Crippen LogP contribution in [0.5, 0.6) is 0 Å². The Bertz CT molecular complexity index is 575. The van der Waals surface area contributed by atoms with E-state index in [0.717, 1.165) is 25.9 Å². The second kappa shape index (κ2) is 7.06. The molecule has 1 aromatic rings. The summed E-state index contributed by atoms with van der Waals surface area (Å²) in [5, 5.41) is 2.96. The van der Waals surface area contributed by atoms with E-state index in [-0.39, 0.29) is 23.4 Å². The van der Waals surface area contributed by atoms with Crippen LogP contribution in [0.3, 0.4) is 0 Å². The molecule has 2 rings (SSSR count). The monoisotopic (exact) mass is 316 g/mol. The van der Waals surface area contributed by atoms with Gasteiger partial charge >= 0.3 is 5.97 Å². The molecule has 1 unspecified atom stereocenters. The number of esters is 1. The Morgan fingerprint density at radius 1 is 1.52 bits per heavy atom. The first-order valence-corrected chi connectivity index (χ1v) is 8.48. The zero-order valence-corrected chi connectivity index (χ0v) is 12.7. The average Bonchev–Trinajstić information content (AvgIpc) is 2.97. The van der Waals surface area contributed by atoms with Crippen molar-refractivity contribution in [2.24, 2.45) is 5.92 Å². The van der Waals surface area contributed by atoms with Crippen LogP contribution in [-0.2, 0) is 14.8 Å². The topological polar surface area (TPSA) is 97.6 Å². The number of furan rings is 1. The number of rotatable bonds is 6. The van der Waals surface area contributed by atoms with E-state index in [4.69, 9.17) is 9.15 Å². The van der Waals surface area contributed by atoms with Crippen LogP contribution in [0.15, 0.2) is 21.6 Å². The molecule has 0 bridgehead atoms. The number of hydrogen-bond donors (Lipinski definition) is 2. The zero-order chi connectivity index (χ0) is 15.3. The number of carbonyl (C=O) groups is 1. The molecule has 1 fully saturated rings. The third kappa shape index (κ3) is 4.29. The van der Waals surface area contributed by atoms with Crippen LogP contribution < -0.4 is 10.0 Å². The van der Waals surface area contributed by atoms with Gasteiger partial charge in [-0.1, -0.05) is 0 Å². The lowest BCUT2D eigenvalue weighted by Gasteiger charge is -2.22. The van der Waals surface area contributed by atoms with Gasteiger partial charge < -0.3 is 14.5 Å². The number of carbonyl (C=O) groups excluding carboxylic acids is 1. The maximum atomic E-state index is 12.1. The van der Waals surface area contributed by atoms with E-state index in [0.29, 0.717) is 6.54 Å². The summed E-state index contributed by atoms with van der Waals surface area (Å²) in [5.74, 6) is -0.514. The van der Waals surface area contributed by atoms with Gasteiger partial charge in [-0.05, 0) is 50.9 Å². The van der Waals surface area contributed by atoms with Gasteiger partial charge in [0.25, 0.3) is 10.0 Å². The van der Waals surface area contributed by atoms with Gasteiger partial charge in [0.15, 0.2) is 0 Å². The van der Waals surface area contributed by atoms with Crippen LogP contribution in [0.2, 0.25) is 0 Å². The molecule has 0 saturated carbocycles. The van der Waals surface area contributed by atoms with Gasteiger partial charge in [0.1, 0.15) is 0 Å². The number of nitrogens with one attached hydrogen (secondary N) is 2. The average molecular weight is 316 g/mol. The molecule has 0 aliphatic carbocycles. The van der Waals surface area contributed by atoms with Gasteiger partial charge in [-0.3, -0.25) is 0 Å². The third-order valence-corrected chi connectivity index (χ3v) is 4.58. The Kier molecular flexibility index (Phi) is 5.38. The van der Waals surface area contributed by atoms with E-state index >= 15 is 0 Å². The molecule has 21 heavy (non-hydrogen) atoms. The summed E-state index contributed by atoms with van der Waals surface area (Å²) >= 11 is 0. The first-order chi connectivity index (χ1) is 10.0. The molecule has 2 heterocycles. The minimum atomic E-state index is -3.74. The summed E-state index contributed by atoms with van der Waals surface area (Å²) < 4.78 is 36.5. The lowest BCUT2D eigenvalue weighted by Crippen LogP contribution is -2.38. The van der Waals surface area contributed by atoms with Crippen molar-refractivity contribution in [1.82, 2.24) is 10.0 Å². The maximum absolute atomic E-state index is 12.1. The van der Waals surface area contributed by atoms with Gasteiger partial charge in [-0.25, -0.2) is 17.9 Å². The van der Waals surface area contributed by atoms with E-state index in [1.54, 1.807) is 6.92 Å². The molecule has 1 aromatic heterocycles. The van der Waals surface area contributed by atoms with Crippen LogP contribution in [-0.4, -0.2) is 40.6 Å². The van der Waals surface area contributed by atoms with Crippen LogP contribution in [0.1, 0.15) is 30.3 Å². The summed E-state index contributed by atoms with van der Waals surface area (Å²) in [6, 6.07) is 2.56. The van der Waals surface area contributed by atoms with E-state index in [1.165, 1.54) is 12.1 Å². The van der Waals surface area contributed by atoms with Gasteiger partial charge in [0.05, 0.1) is 6.61 Å². The van der Waals surface area contributed by atoms with Crippen LogP contribution in [0.4, 0.5) is 0 Å². The Labute approximate surface area is 124 Å². The van der Waals surface area contributed by atoms with Crippen molar-refractivity contribution < 1.29 is 22.4 Å². The van der Waals surface area contributed by atoms with Gasteiger partial charge in [-0.2, -0.15) is 0 Å². The quantitative estimate of drug-likeness (QED) is 0.751. The summed E-state index contributed by atoms with van der Waals surface area (Å²) in [6.45, 7) is 4.00. The molecule has 0 aromatic carbocycles. The van der Waals surface area contributed by atoms with E-state index in [1.807, 2.05) is 0 Å². The summed E-state index contributed by atoms with van der Waals surface area (Å²) in [4.78, 5) is 11.5. The third-order valence-electron chi connectivity index (χ3n) is 3.28. The molecule has 8 heteroatoms. The van der Waals surface area contributed by atoms with E-state index < -0.39 is 16.0 Å². The molecule has 2 N–H and O–H groups in total. The molecular formula is C13H20N2O5S. The van der Waals surface area contributed by atoms with Gasteiger partial charge in [0.2, 0.25) is 10.9 Å². The highest BCUT2D eigenvalue weighted by atomic mass is 32.2. The maximum Gasteiger partial charge on any atom is 0.374 e. The predicted octanol–water partition coefficient (Wildman–Crippen LogP) is 0.734. The van der Waals surface area contributed by atoms with Crippen molar-refractivity contribution in [1.29, 1.82) is 0 Å². The fourth-order valence-corrected chi connectivity index (χ4v) is 3.22. The Balaban J connectivity index is 1.97. The molecule has 7 nitrogen and oxygen atoms in total. The van der Waals surface area contributed by atoms with Crippen LogP contribution >= 0.6 is 0 Å². The lowest BCUT2D eigenvalue weighted by molar-refractivity contribution is 0.0484. The number of hydrogen-bond acceptors (Lipinski definition) is 6. The SMILES string of the molecule is CCOC(=O)c1ccc(S(=O)(=O)NCC2CCCNC2)o1. The number of piperidine rings is 1. The Hall–Kier alpha value is -1.38. The van der Waals surface area contributed by atoms with Crippen molar-refractivity contribution in [3.05, 3.63) is 17.9 Å². The molecular weight excluding hydrogens is 296 g/mol. The van der Waals surface area contributed by atoms with Gasteiger partial charge in [0, 0.05) is 6.54 Å². The number of ether oxygens (including phenoxy) is 1. The molecule has 0 spiro atoms. The molecule has 1 aliphatic rings. The molecule has 1 aliphatic heterocycles. The molecule has 1 atom stereocenters. The molecule has 118 valence electrons. The highest BCUT2D eigenvalue weighted by Gasteiger charge is 2.23. The first kappa shape index (κ1) is 16.0. The van der Waals surface area contributed by atoms with Crippen LogP contribution in [0.25, 0.3) is 0 Å². The van der Waals surface area contributed by atoms with Gasteiger partial charge in [-0.15, -0.1) is 0 Å². The molecule has 1 saturated heterocycles. The van der Waals surface area contributed by atoms with Crippen molar-refractivity contribution in [3.63, 3.8) is 0 Å². The smallest absolute Gasteiger partial charge is 0.374 e. The standard InChI is InChI=1S/C13H20N2O5S/c1-2-19-13(16)11-5-6-12(20-11)21(17,18)15-9-10-4-3-7-14-8-10/h5-6,10,14-15H,2-4,7-9H2,1H3.